The Kier molecular flexibility index (Phi) is 6.76. The third kappa shape index (κ3) is 6.09. The molecule has 1 N–H and O–H groups in total. The summed E-state index contributed by atoms with van der Waals surface area (Å²) in [6, 6.07) is 0.140. The lowest BCUT2D eigenvalue weighted by atomic mass is 9.94. The summed E-state index contributed by atoms with van der Waals surface area (Å²) in [6.07, 6.45) is 3.00. The summed E-state index contributed by atoms with van der Waals surface area (Å²) in [6.45, 7) is 8.12. The number of hydrogen-bond acceptors (Lipinski definition) is 4. The maximum Gasteiger partial charge on any atom is 0.410 e. The molecule has 0 aliphatic carbocycles. The molecule has 2 atom stereocenters. The van der Waals surface area contributed by atoms with Gasteiger partial charge in [0.25, 0.3) is 0 Å². The lowest BCUT2D eigenvalue weighted by molar-refractivity contribution is 0.0115. The van der Waals surface area contributed by atoms with Gasteiger partial charge in [0.05, 0.1) is 0 Å². The monoisotopic (exact) mass is 286 g/mol. The first kappa shape index (κ1) is 17.2. The number of carbonyl (C=O) groups is 1. The quantitative estimate of drug-likeness (QED) is 0.842. The van der Waals surface area contributed by atoms with Crippen LogP contribution in [0.5, 0.6) is 0 Å². The predicted octanol–water partition coefficient (Wildman–Crippen LogP) is 2.26. The average molecular weight is 286 g/mol. The van der Waals surface area contributed by atoms with Crippen molar-refractivity contribution in [1.29, 1.82) is 0 Å². The lowest BCUT2D eigenvalue weighted by Gasteiger charge is -2.33. The van der Waals surface area contributed by atoms with E-state index in [9.17, 15) is 4.79 Å². The average Bonchev–Trinajstić information content (AvgIpc) is 2.36. The summed E-state index contributed by atoms with van der Waals surface area (Å²) in [5.74, 6) is 0.534. The number of hydrogen-bond donors (Lipinski definition) is 1. The van der Waals surface area contributed by atoms with Crippen LogP contribution >= 0.6 is 0 Å². The van der Waals surface area contributed by atoms with E-state index in [0.717, 1.165) is 32.6 Å². The van der Waals surface area contributed by atoms with Crippen LogP contribution in [0.25, 0.3) is 0 Å². The van der Waals surface area contributed by atoms with Crippen LogP contribution in [0, 0.1) is 5.92 Å². The van der Waals surface area contributed by atoms with Gasteiger partial charge in [-0.2, -0.15) is 0 Å². The molecule has 1 unspecified atom stereocenters. The molecule has 118 valence electrons. The molecule has 20 heavy (non-hydrogen) atoms. The van der Waals surface area contributed by atoms with Gasteiger partial charge >= 0.3 is 6.09 Å². The van der Waals surface area contributed by atoms with Crippen molar-refractivity contribution < 1.29 is 14.3 Å². The Labute approximate surface area is 123 Å². The molecule has 0 radical (unpaired) electrons. The van der Waals surface area contributed by atoms with Crippen molar-refractivity contribution in [3.63, 3.8) is 0 Å². The van der Waals surface area contributed by atoms with Gasteiger partial charge in [-0.15, -0.1) is 0 Å². The number of nitrogens with one attached hydrogen (secondary N) is 1. The van der Waals surface area contributed by atoms with E-state index in [2.05, 4.69) is 5.32 Å². The molecular weight excluding hydrogens is 256 g/mol. The summed E-state index contributed by atoms with van der Waals surface area (Å²) in [5, 5.41) is 3.17. The molecule has 0 aromatic carbocycles. The van der Waals surface area contributed by atoms with Crippen LogP contribution in [0.4, 0.5) is 4.79 Å². The molecule has 0 spiro atoms. The van der Waals surface area contributed by atoms with Gasteiger partial charge in [-0.1, -0.05) is 0 Å². The Morgan fingerprint density at radius 2 is 2.20 bits per heavy atom. The first-order valence-corrected chi connectivity index (χ1v) is 7.51. The summed E-state index contributed by atoms with van der Waals surface area (Å²) in [5.41, 5.74) is -0.455. The number of ether oxygens (including phenoxy) is 2. The van der Waals surface area contributed by atoms with Crippen LogP contribution in [0.1, 0.15) is 40.0 Å². The van der Waals surface area contributed by atoms with Gasteiger partial charge in [-0.05, 0) is 53.0 Å². The van der Waals surface area contributed by atoms with Crippen molar-refractivity contribution in [3.8, 4) is 0 Å². The van der Waals surface area contributed by atoms with Gasteiger partial charge in [-0.25, -0.2) is 4.79 Å². The van der Waals surface area contributed by atoms with Gasteiger partial charge < -0.3 is 19.7 Å². The summed E-state index contributed by atoms with van der Waals surface area (Å²) >= 11 is 0. The zero-order valence-electron chi connectivity index (χ0n) is 13.6. The van der Waals surface area contributed by atoms with Gasteiger partial charge in [0.15, 0.2) is 0 Å². The van der Waals surface area contributed by atoms with Crippen molar-refractivity contribution in [2.24, 2.45) is 5.92 Å². The summed E-state index contributed by atoms with van der Waals surface area (Å²) in [4.78, 5) is 13.9. The van der Waals surface area contributed by atoms with Crippen LogP contribution in [-0.4, -0.2) is 56.5 Å². The van der Waals surface area contributed by atoms with Crippen LogP contribution in [-0.2, 0) is 9.47 Å². The van der Waals surface area contributed by atoms with Gasteiger partial charge in [0.1, 0.15) is 5.60 Å². The van der Waals surface area contributed by atoms with Crippen molar-refractivity contribution in [2.45, 2.75) is 51.7 Å². The van der Waals surface area contributed by atoms with Crippen molar-refractivity contribution in [3.05, 3.63) is 0 Å². The molecule has 0 bridgehead atoms. The minimum absolute atomic E-state index is 0.140. The molecular formula is C15H30N2O3. The van der Waals surface area contributed by atoms with E-state index in [0.29, 0.717) is 5.92 Å². The normalized spacial score (nSPS) is 21.4. The van der Waals surface area contributed by atoms with Crippen molar-refractivity contribution >= 4 is 6.09 Å². The fourth-order valence-corrected chi connectivity index (χ4v) is 2.48. The molecule has 0 aromatic heterocycles. The maximum atomic E-state index is 12.2. The molecule has 1 rings (SSSR count). The molecule has 0 aromatic rings. The van der Waals surface area contributed by atoms with Gasteiger partial charge in [0, 0.05) is 32.8 Å². The smallest absolute Gasteiger partial charge is 0.410 e. The fraction of sp³-hybridized carbons (Fsp3) is 0.933. The second-order valence-corrected chi connectivity index (χ2v) is 6.62. The standard InChI is InChI=1S/C15H30N2O3/c1-15(2,3)20-14(18)17(5)13(10-16-4)9-12-7-6-8-19-11-12/h12-13,16H,6-11H2,1-5H3/t12?,13-/m1/s1. The zero-order valence-corrected chi connectivity index (χ0v) is 13.6. The fourth-order valence-electron chi connectivity index (χ4n) is 2.48. The van der Waals surface area contributed by atoms with Gasteiger partial charge in [-0.3, -0.25) is 0 Å². The summed E-state index contributed by atoms with van der Waals surface area (Å²) in [7, 11) is 3.73. The molecule has 0 saturated carbocycles. The van der Waals surface area contributed by atoms with E-state index >= 15 is 0 Å². The van der Waals surface area contributed by atoms with Crippen LogP contribution < -0.4 is 5.32 Å². The molecule has 1 amide bonds. The Bertz CT molecular complexity index is 296. The molecule has 1 aliphatic heterocycles. The minimum Gasteiger partial charge on any atom is -0.444 e. The maximum absolute atomic E-state index is 12.2. The number of rotatable bonds is 5. The summed E-state index contributed by atoms with van der Waals surface area (Å²) < 4.78 is 11.0. The molecule has 1 aliphatic rings. The minimum atomic E-state index is -0.455. The zero-order chi connectivity index (χ0) is 15.2. The largest absolute Gasteiger partial charge is 0.444 e. The molecule has 1 saturated heterocycles. The van der Waals surface area contributed by atoms with E-state index in [-0.39, 0.29) is 12.1 Å². The number of carbonyl (C=O) groups excluding carboxylic acids is 1. The highest BCUT2D eigenvalue weighted by Gasteiger charge is 2.27. The molecule has 1 heterocycles. The first-order valence-electron chi connectivity index (χ1n) is 7.51. The highest BCUT2D eigenvalue weighted by atomic mass is 16.6. The van der Waals surface area contributed by atoms with Crippen molar-refractivity contribution in [2.75, 3.05) is 33.9 Å². The Hall–Kier alpha value is -0.810. The molecule has 1 fully saturated rings. The Morgan fingerprint density at radius 1 is 1.50 bits per heavy atom. The number of nitrogens with zero attached hydrogens (tertiary/aromatic N) is 1. The molecule has 5 nitrogen and oxygen atoms in total. The van der Waals surface area contributed by atoms with Crippen LogP contribution in [0.15, 0.2) is 0 Å². The molecule has 5 heteroatoms. The van der Waals surface area contributed by atoms with Crippen LogP contribution in [0.2, 0.25) is 0 Å². The Morgan fingerprint density at radius 3 is 2.70 bits per heavy atom. The van der Waals surface area contributed by atoms with E-state index in [4.69, 9.17) is 9.47 Å². The third-order valence-electron chi connectivity index (χ3n) is 3.53. The lowest BCUT2D eigenvalue weighted by Crippen LogP contribution is -2.46. The SMILES string of the molecule is CNC[C@@H](CC1CCCOC1)N(C)C(=O)OC(C)(C)C. The van der Waals surface area contributed by atoms with E-state index in [1.165, 1.54) is 6.42 Å². The number of amides is 1. The highest BCUT2D eigenvalue weighted by molar-refractivity contribution is 5.68. The van der Waals surface area contributed by atoms with E-state index in [1.54, 1.807) is 4.90 Å². The topological polar surface area (TPSA) is 50.8 Å². The van der Waals surface area contributed by atoms with E-state index < -0.39 is 5.60 Å². The van der Waals surface area contributed by atoms with Crippen LogP contribution in [0.3, 0.4) is 0 Å². The second-order valence-electron chi connectivity index (χ2n) is 6.62. The third-order valence-corrected chi connectivity index (χ3v) is 3.53. The predicted molar refractivity (Wildman–Crippen MR) is 79.9 cm³/mol. The van der Waals surface area contributed by atoms with E-state index in [1.807, 2.05) is 34.9 Å². The number of likely N-dealkylation sites (N-methyl/N-ethyl adjacent to an activating group) is 2. The Balaban J connectivity index is 2.56. The van der Waals surface area contributed by atoms with Crippen molar-refractivity contribution in [1.82, 2.24) is 10.2 Å². The second kappa shape index (κ2) is 7.84. The van der Waals surface area contributed by atoms with Gasteiger partial charge in [0.2, 0.25) is 0 Å². The highest BCUT2D eigenvalue weighted by Crippen LogP contribution is 2.21. The first-order chi connectivity index (χ1) is 9.33.